The zero-order valence-electron chi connectivity index (χ0n) is 13.7. The molecule has 0 radical (unpaired) electrons. The summed E-state index contributed by atoms with van der Waals surface area (Å²) in [5.74, 6) is 0. The van der Waals surface area contributed by atoms with Gasteiger partial charge in [-0.05, 0) is 51.3 Å². The van der Waals surface area contributed by atoms with Crippen LogP contribution in [-0.4, -0.2) is 35.8 Å². The topological polar surface area (TPSA) is 64.8 Å². The molecular weight excluding hydrogens is 280 g/mol. The molecule has 5 nitrogen and oxygen atoms in total. The van der Waals surface area contributed by atoms with Crippen molar-refractivity contribution in [3.63, 3.8) is 0 Å². The molecule has 1 fully saturated rings. The molecule has 2 rings (SSSR count). The molecule has 0 unspecified atom stereocenters. The molecule has 1 aromatic rings. The molecule has 122 valence electrons. The van der Waals surface area contributed by atoms with Gasteiger partial charge < -0.3 is 20.1 Å². The maximum Gasteiger partial charge on any atom is 0.410 e. The highest BCUT2D eigenvalue weighted by molar-refractivity contribution is 5.68. The first-order valence-corrected chi connectivity index (χ1v) is 7.77. The van der Waals surface area contributed by atoms with Crippen LogP contribution in [0.3, 0.4) is 0 Å². The molecule has 0 bridgehead atoms. The predicted octanol–water partition coefficient (Wildman–Crippen LogP) is 3.18. The Morgan fingerprint density at radius 1 is 1.23 bits per heavy atom. The number of amides is 1. The van der Waals surface area contributed by atoms with Gasteiger partial charge in [-0.25, -0.2) is 4.79 Å². The van der Waals surface area contributed by atoms with E-state index < -0.39 is 5.60 Å². The van der Waals surface area contributed by atoms with E-state index in [1.54, 1.807) is 4.90 Å². The summed E-state index contributed by atoms with van der Waals surface area (Å²) in [7, 11) is 0. The molecule has 0 aliphatic carbocycles. The van der Waals surface area contributed by atoms with Crippen LogP contribution < -0.4 is 5.73 Å². The van der Waals surface area contributed by atoms with Crippen LogP contribution in [0.25, 0.3) is 0 Å². The first-order valence-electron chi connectivity index (χ1n) is 7.77. The summed E-state index contributed by atoms with van der Waals surface area (Å²) in [5, 5.41) is 0. The Morgan fingerprint density at radius 2 is 1.82 bits per heavy atom. The predicted molar refractivity (Wildman–Crippen MR) is 86.5 cm³/mol. The van der Waals surface area contributed by atoms with Gasteiger partial charge in [0.05, 0.1) is 12.7 Å². The Labute approximate surface area is 132 Å². The van der Waals surface area contributed by atoms with E-state index in [1.165, 1.54) is 0 Å². The van der Waals surface area contributed by atoms with E-state index in [-0.39, 0.29) is 12.2 Å². The van der Waals surface area contributed by atoms with Crippen LogP contribution in [0.2, 0.25) is 0 Å². The van der Waals surface area contributed by atoms with E-state index in [0.717, 1.165) is 24.1 Å². The number of carbonyl (C=O) groups is 1. The summed E-state index contributed by atoms with van der Waals surface area (Å²) in [6.45, 7) is 7.59. The zero-order chi connectivity index (χ0) is 16.2. The number of nitrogen functional groups attached to an aromatic ring is 1. The Morgan fingerprint density at radius 3 is 2.36 bits per heavy atom. The molecule has 0 atom stereocenters. The van der Waals surface area contributed by atoms with Gasteiger partial charge in [-0.3, -0.25) is 0 Å². The van der Waals surface area contributed by atoms with Crippen molar-refractivity contribution >= 4 is 11.8 Å². The van der Waals surface area contributed by atoms with Crippen LogP contribution in [-0.2, 0) is 16.1 Å². The van der Waals surface area contributed by atoms with E-state index in [1.807, 2.05) is 45.0 Å². The molecule has 0 spiro atoms. The molecule has 5 heteroatoms. The lowest BCUT2D eigenvalue weighted by molar-refractivity contribution is -0.0170. The molecule has 1 saturated heterocycles. The summed E-state index contributed by atoms with van der Waals surface area (Å²) < 4.78 is 11.3. The molecular formula is C17H26N2O3. The number of rotatable bonds is 3. The Bertz CT molecular complexity index is 486. The number of hydrogen-bond donors (Lipinski definition) is 1. The van der Waals surface area contributed by atoms with Gasteiger partial charge in [0.25, 0.3) is 0 Å². The fourth-order valence-electron chi connectivity index (χ4n) is 2.36. The van der Waals surface area contributed by atoms with Crippen molar-refractivity contribution in [1.29, 1.82) is 0 Å². The van der Waals surface area contributed by atoms with Crippen LogP contribution in [0, 0.1) is 0 Å². The van der Waals surface area contributed by atoms with Gasteiger partial charge >= 0.3 is 6.09 Å². The third kappa shape index (κ3) is 5.22. The van der Waals surface area contributed by atoms with E-state index >= 15 is 0 Å². The minimum atomic E-state index is -0.445. The lowest BCUT2D eigenvalue weighted by Gasteiger charge is -2.33. The van der Waals surface area contributed by atoms with Gasteiger partial charge in [0.15, 0.2) is 0 Å². The van der Waals surface area contributed by atoms with Crippen LogP contribution in [0.1, 0.15) is 39.2 Å². The monoisotopic (exact) mass is 306 g/mol. The molecule has 1 aromatic carbocycles. The summed E-state index contributed by atoms with van der Waals surface area (Å²) in [6, 6.07) is 7.71. The molecule has 0 aromatic heterocycles. The number of benzene rings is 1. The minimum absolute atomic E-state index is 0.191. The fraction of sp³-hybridized carbons (Fsp3) is 0.588. The standard InChI is InChI=1S/C17H26N2O3/c1-17(2,3)22-16(20)19-10-8-15(9-11-19)21-12-13-4-6-14(18)7-5-13/h4-7,15H,8-12,18H2,1-3H3. The van der Waals surface area contributed by atoms with Gasteiger partial charge in [0, 0.05) is 18.8 Å². The summed E-state index contributed by atoms with van der Waals surface area (Å²) in [5.41, 5.74) is 7.09. The molecule has 1 aliphatic rings. The van der Waals surface area contributed by atoms with Crippen molar-refractivity contribution in [2.45, 2.75) is 51.9 Å². The highest BCUT2D eigenvalue weighted by Gasteiger charge is 2.27. The molecule has 22 heavy (non-hydrogen) atoms. The Kier molecular flexibility index (Phi) is 5.29. The van der Waals surface area contributed by atoms with Crippen LogP contribution in [0.15, 0.2) is 24.3 Å². The second-order valence-corrected chi connectivity index (χ2v) is 6.72. The van der Waals surface area contributed by atoms with Gasteiger partial charge in [-0.2, -0.15) is 0 Å². The van der Waals surface area contributed by atoms with Crippen LogP contribution >= 0.6 is 0 Å². The number of hydrogen-bond acceptors (Lipinski definition) is 4. The summed E-state index contributed by atoms with van der Waals surface area (Å²) in [6.07, 6.45) is 1.64. The quantitative estimate of drug-likeness (QED) is 0.871. The average molecular weight is 306 g/mol. The smallest absolute Gasteiger partial charge is 0.410 e. The van der Waals surface area contributed by atoms with Crippen molar-refractivity contribution in [1.82, 2.24) is 4.90 Å². The van der Waals surface area contributed by atoms with E-state index in [0.29, 0.717) is 19.7 Å². The summed E-state index contributed by atoms with van der Waals surface area (Å²) >= 11 is 0. The molecule has 1 aliphatic heterocycles. The number of carbonyl (C=O) groups excluding carboxylic acids is 1. The molecule has 1 heterocycles. The molecule has 2 N–H and O–H groups in total. The number of nitrogens with zero attached hydrogens (tertiary/aromatic N) is 1. The van der Waals surface area contributed by atoms with Crippen molar-refractivity contribution in [3.8, 4) is 0 Å². The maximum atomic E-state index is 12.0. The van der Waals surface area contributed by atoms with Crippen molar-refractivity contribution in [2.75, 3.05) is 18.8 Å². The van der Waals surface area contributed by atoms with Gasteiger partial charge in [0.1, 0.15) is 5.60 Å². The minimum Gasteiger partial charge on any atom is -0.444 e. The fourth-order valence-corrected chi connectivity index (χ4v) is 2.36. The molecule has 1 amide bonds. The van der Waals surface area contributed by atoms with Crippen molar-refractivity contribution < 1.29 is 14.3 Å². The van der Waals surface area contributed by atoms with E-state index in [9.17, 15) is 4.79 Å². The highest BCUT2D eigenvalue weighted by Crippen LogP contribution is 2.18. The lowest BCUT2D eigenvalue weighted by atomic mass is 10.1. The maximum absolute atomic E-state index is 12.0. The van der Waals surface area contributed by atoms with Crippen molar-refractivity contribution in [2.24, 2.45) is 0 Å². The first kappa shape index (κ1) is 16.6. The zero-order valence-corrected chi connectivity index (χ0v) is 13.7. The lowest BCUT2D eigenvalue weighted by Crippen LogP contribution is -2.43. The summed E-state index contributed by atoms with van der Waals surface area (Å²) in [4.78, 5) is 13.7. The average Bonchev–Trinajstić information content (AvgIpc) is 2.45. The Hall–Kier alpha value is -1.75. The third-order valence-electron chi connectivity index (χ3n) is 3.56. The Balaban J connectivity index is 1.73. The first-order chi connectivity index (χ1) is 10.3. The third-order valence-corrected chi connectivity index (χ3v) is 3.56. The van der Waals surface area contributed by atoms with Crippen LogP contribution in [0.4, 0.5) is 10.5 Å². The molecule has 0 saturated carbocycles. The van der Waals surface area contributed by atoms with Gasteiger partial charge in [-0.1, -0.05) is 12.1 Å². The normalized spacial score (nSPS) is 16.6. The van der Waals surface area contributed by atoms with E-state index in [2.05, 4.69) is 0 Å². The number of likely N-dealkylation sites (tertiary alicyclic amines) is 1. The van der Waals surface area contributed by atoms with E-state index in [4.69, 9.17) is 15.2 Å². The van der Waals surface area contributed by atoms with Gasteiger partial charge in [0.2, 0.25) is 0 Å². The van der Waals surface area contributed by atoms with Crippen LogP contribution in [0.5, 0.6) is 0 Å². The number of nitrogens with two attached hydrogens (primary N) is 1. The highest BCUT2D eigenvalue weighted by atomic mass is 16.6. The number of anilines is 1. The SMILES string of the molecule is CC(C)(C)OC(=O)N1CCC(OCc2ccc(N)cc2)CC1. The second kappa shape index (κ2) is 7.01. The van der Waals surface area contributed by atoms with Gasteiger partial charge in [-0.15, -0.1) is 0 Å². The second-order valence-electron chi connectivity index (χ2n) is 6.72. The number of piperidine rings is 1. The largest absolute Gasteiger partial charge is 0.444 e. The number of ether oxygens (including phenoxy) is 2. The van der Waals surface area contributed by atoms with Crippen molar-refractivity contribution in [3.05, 3.63) is 29.8 Å².